The van der Waals surface area contributed by atoms with Crippen LogP contribution in [0, 0.1) is 6.92 Å². The third kappa shape index (κ3) is 4.99. The van der Waals surface area contributed by atoms with Crippen molar-refractivity contribution in [3.05, 3.63) is 64.7 Å². The summed E-state index contributed by atoms with van der Waals surface area (Å²) in [6.45, 7) is 6.99. The number of esters is 1. The first kappa shape index (κ1) is 22.2. The molecule has 0 saturated heterocycles. The fourth-order valence-corrected chi connectivity index (χ4v) is 3.57. The Kier molecular flexibility index (Phi) is 6.53. The van der Waals surface area contributed by atoms with Crippen molar-refractivity contribution in [2.75, 3.05) is 11.4 Å². The molecule has 0 unspecified atom stereocenters. The standard InChI is InChI=1S/C24H26N2O5/c1-14-6-5-7-20(12-14)23(29)25-15(2)24(30)31-16(3)22(28)19-8-9-21-18(13-19)10-11-26(21)17(4)27/h5-9,12-13,15-16H,10-11H2,1-4H3,(H,25,29)/t15-,16+/m1/s1. The number of Topliss-reactive ketones (excluding diaryl/α,β-unsaturated/α-hetero) is 1. The Bertz CT molecular complexity index is 1050. The van der Waals surface area contributed by atoms with E-state index in [1.54, 1.807) is 41.3 Å². The molecule has 1 heterocycles. The van der Waals surface area contributed by atoms with Gasteiger partial charge in [0.25, 0.3) is 5.91 Å². The highest BCUT2D eigenvalue weighted by Gasteiger charge is 2.27. The predicted molar refractivity (Wildman–Crippen MR) is 116 cm³/mol. The highest BCUT2D eigenvalue weighted by molar-refractivity contribution is 6.02. The Morgan fingerprint density at radius 2 is 1.77 bits per heavy atom. The largest absolute Gasteiger partial charge is 0.453 e. The predicted octanol–water partition coefficient (Wildman–Crippen LogP) is 2.84. The van der Waals surface area contributed by atoms with Crippen molar-refractivity contribution < 1.29 is 23.9 Å². The Balaban J connectivity index is 1.61. The Morgan fingerprint density at radius 3 is 2.45 bits per heavy atom. The van der Waals surface area contributed by atoms with Crippen LogP contribution in [0.2, 0.25) is 0 Å². The molecular formula is C24H26N2O5. The van der Waals surface area contributed by atoms with Gasteiger partial charge in [0.05, 0.1) is 0 Å². The molecule has 1 aliphatic rings. The van der Waals surface area contributed by atoms with Gasteiger partial charge >= 0.3 is 5.97 Å². The van der Waals surface area contributed by atoms with Gasteiger partial charge in [0.15, 0.2) is 6.10 Å². The first-order valence-corrected chi connectivity index (χ1v) is 10.2. The van der Waals surface area contributed by atoms with E-state index in [-0.39, 0.29) is 17.6 Å². The van der Waals surface area contributed by atoms with E-state index in [4.69, 9.17) is 4.74 Å². The third-order valence-electron chi connectivity index (χ3n) is 5.28. The second-order valence-corrected chi connectivity index (χ2v) is 7.77. The molecule has 0 spiro atoms. The number of aryl methyl sites for hydroxylation is 1. The first-order chi connectivity index (χ1) is 14.7. The minimum absolute atomic E-state index is 0.0400. The van der Waals surface area contributed by atoms with E-state index in [2.05, 4.69) is 5.32 Å². The lowest BCUT2D eigenvalue weighted by Crippen LogP contribution is -2.41. The number of nitrogens with zero attached hydrogens (tertiary/aromatic N) is 1. The molecule has 3 rings (SSSR count). The van der Waals surface area contributed by atoms with Crippen molar-refractivity contribution in [1.29, 1.82) is 0 Å². The lowest BCUT2D eigenvalue weighted by Gasteiger charge is -2.18. The SMILES string of the molecule is CC(=O)N1CCc2cc(C(=O)[C@H](C)OC(=O)[C@@H](C)NC(=O)c3cccc(C)c3)ccc21. The van der Waals surface area contributed by atoms with Crippen LogP contribution in [0.25, 0.3) is 0 Å². The zero-order chi connectivity index (χ0) is 22.7. The van der Waals surface area contributed by atoms with Crippen LogP contribution in [-0.2, 0) is 20.7 Å². The molecule has 0 aromatic heterocycles. The van der Waals surface area contributed by atoms with Gasteiger partial charge in [-0.1, -0.05) is 17.7 Å². The van der Waals surface area contributed by atoms with Gasteiger partial charge < -0.3 is 15.0 Å². The summed E-state index contributed by atoms with van der Waals surface area (Å²) in [5.41, 5.74) is 3.52. The molecule has 7 nitrogen and oxygen atoms in total. The van der Waals surface area contributed by atoms with Crippen LogP contribution in [0.3, 0.4) is 0 Å². The van der Waals surface area contributed by atoms with Crippen molar-refractivity contribution in [1.82, 2.24) is 5.32 Å². The molecule has 0 saturated carbocycles. The van der Waals surface area contributed by atoms with E-state index in [1.807, 2.05) is 13.0 Å². The topological polar surface area (TPSA) is 92.8 Å². The molecule has 0 radical (unpaired) electrons. The lowest BCUT2D eigenvalue weighted by atomic mass is 10.0. The molecule has 31 heavy (non-hydrogen) atoms. The molecule has 1 aliphatic heterocycles. The molecule has 2 aromatic rings. The van der Waals surface area contributed by atoms with E-state index < -0.39 is 18.1 Å². The van der Waals surface area contributed by atoms with Crippen molar-refractivity contribution in [3.63, 3.8) is 0 Å². The van der Waals surface area contributed by atoms with E-state index in [1.165, 1.54) is 20.8 Å². The van der Waals surface area contributed by atoms with Gasteiger partial charge in [-0.3, -0.25) is 14.4 Å². The molecular weight excluding hydrogens is 396 g/mol. The second-order valence-electron chi connectivity index (χ2n) is 7.77. The molecule has 1 N–H and O–H groups in total. The van der Waals surface area contributed by atoms with E-state index in [0.29, 0.717) is 24.1 Å². The van der Waals surface area contributed by atoms with Gasteiger partial charge in [-0.25, -0.2) is 4.79 Å². The van der Waals surface area contributed by atoms with Crippen molar-refractivity contribution >= 4 is 29.3 Å². The number of nitrogens with one attached hydrogen (secondary N) is 1. The number of amides is 2. The summed E-state index contributed by atoms with van der Waals surface area (Å²) in [4.78, 5) is 50.8. The molecule has 2 aromatic carbocycles. The number of carbonyl (C=O) groups excluding carboxylic acids is 4. The number of hydrogen-bond donors (Lipinski definition) is 1. The van der Waals surface area contributed by atoms with Crippen LogP contribution in [-0.4, -0.2) is 42.3 Å². The van der Waals surface area contributed by atoms with Gasteiger partial charge in [-0.05, 0) is 63.1 Å². The Hall–Kier alpha value is -3.48. The van der Waals surface area contributed by atoms with E-state index in [9.17, 15) is 19.2 Å². The van der Waals surface area contributed by atoms with Gasteiger partial charge in [0.2, 0.25) is 11.7 Å². The highest BCUT2D eigenvalue weighted by atomic mass is 16.5. The minimum atomic E-state index is -1.01. The highest BCUT2D eigenvalue weighted by Crippen LogP contribution is 2.29. The smallest absolute Gasteiger partial charge is 0.329 e. The zero-order valence-electron chi connectivity index (χ0n) is 18.1. The van der Waals surface area contributed by atoms with Crippen molar-refractivity contribution in [2.45, 2.75) is 46.3 Å². The monoisotopic (exact) mass is 422 g/mol. The molecule has 162 valence electrons. The number of ether oxygens (including phenoxy) is 1. The Labute approximate surface area is 181 Å². The van der Waals surface area contributed by atoms with Crippen LogP contribution < -0.4 is 10.2 Å². The quantitative estimate of drug-likeness (QED) is 0.571. The fourth-order valence-electron chi connectivity index (χ4n) is 3.57. The summed E-state index contributed by atoms with van der Waals surface area (Å²) in [5, 5.41) is 2.59. The molecule has 7 heteroatoms. The Morgan fingerprint density at radius 1 is 1.03 bits per heavy atom. The third-order valence-corrected chi connectivity index (χ3v) is 5.28. The molecule has 0 bridgehead atoms. The summed E-state index contributed by atoms with van der Waals surface area (Å²) in [6, 6.07) is 11.2. The zero-order valence-corrected chi connectivity index (χ0v) is 18.1. The number of carbonyl (C=O) groups is 4. The van der Waals surface area contributed by atoms with Gasteiger partial charge in [-0.2, -0.15) is 0 Å². The minimum Gasteiger partial charge on any atom is -0.453 e. The molecule has 2 amide bonds. The number of ketones is 1. The number of hydrogen-bond acceptors (Lipinski definition) is 5. The van der Waals surface area contributed by atoms with Gasteiger partial charge in [-0.15, -0.1) is 0 Å². The van der Waals surface area contributed by atoms with Crippen LogP contribution in [0.15, 0.2) is 42.5 Å². The average molecular weight is 422 g/mol. The van der Waals surface area contributed by atoms with Crippen LogP contribution in [0.4, 0.5) is 5.69 Å². The summed E-state index contributed by atoms with van der Waals surface area (Å²) in [6.07, 6.45) is -0.333. The van der Waals surface area contributed by atoms with Gasteiger partial charge in [0, 0.05) is 30.3 Å². The number of anilines is 1. The van der Waals surface area contributed by atoms with Gasteiger partial charge in [0.1, 0.15) is 6.04 Å². The number of fused-ring (bicyclic) bond motifs is 1. The van der Waals surface area contributed by atoms with Crippen molar-refractivity contribution in [3.8, 4) is 0 Å². The maximum Gasteiger partial charge on any atom is 0.329 e. The first-order valence-electron chi connectivity index (χ1n) is 10.2. The average Bonchev–Trinajstić information content (AvgIpc) is 3.16. The summed E-state index contributed by atoms with van der Waals surface area (Å²) in [5.74, 6) is -1.46. The maximum atomic E-state index is 12.8. The normalized spacial score (nSPS) is 14.4. The van der Waals surface area contributed by atoms with Crippen LogP contribution in [0.1, 0.15) is 52.6 Å². The summed E-state index contributed by atoms with van der Waals surface area (Å²) >= 11 is 0. The van der Waals surface area contributed by atoms with Crippen molar-refractivity contribution in [2.24, 2.45) is 0 Å². The molecule has 0 aliphatic carbocycles. The summed E-state index contributed by atoms with van der Waals surface area (Å²) in [7, 11) is 0. The molecule has 0 fully saturated rings. The second kappa shape index (κ2) is 9.12. The number of rotatable bonds is 6. The lowest BCUT2D eigenvalue weighted by molar-refractivity contribution is -0.148. The van der Waals surface area contributed by atoms with Crippen LogP contribution in [0.5, 0.6) is 0 Å². The van der Waals surface area contributed by atoms with E-state index >= 15 is 0 Å². The van der Waals surface area contributed by atoms with Crippen LogP contribution >= 0.6 is 0 Å². The maximum absolute atomic E-state index is 12.8. The fraction of sp³-hybridized carbons (Fsp3) is 0.333. The van der Waals surface area contributed by atoms with E-state index in [0.717, 1.165) is 16.8 Å². The summed E-state index contributed by atoms with van der Waals surface area (Å²) < 4.78 is 5.30. The number of benzene rings is 2. The molecule has 2 atom stereocenters.